The molecule has 0 fully saturated rings. The summed E-state index contributed by atoms with van der Waals surface area (Å²) in [4.78, 5) is 35.5. The Hall–Kier alpha value is -3.17. The van der Waals surface area contributed by atoms with Crippen LogP contribution >= 0.6 is 0 Å². The molecular formula is C19H21N5O4. The van der Waals surface area contributed by atoms with Crippen LogP contribution in [0.15, 0.2) is 30.3 Å². The lowest BCUT2D eigenvalue weighted by molar-refractivity contribution is -0.114. The third-order valence-electron chi connectivity index (χ3n) is 4.85. The summed E-state index contributed by atoms with van der Waals surface area (Å²) in [6.07, 6.45) is 0.586. The molecule has 1 aromatic carbocycles. The third-order valence-corrected chi connectivity index (χ3v) is 4.85. The molecule has 0 unspecified atom stereocenters. The van der Waals surface area contributed by atoms with Gasteiger partial charge < -0.3 is 15.0 Å². The molecule has 4 rings (SSSR count). The first-order valence-corrected chi connectivity index (χ1v) is 9.03. The van der Waals surface area contributed by atoms with Crippen molar-refractivity contribution < 1.29 is 19.5 Å². The normalized spacial score (nSPS) is 13.6. The van der Waals surface area contributed by atoms with E-state index in [9.17, 15) is 9.59 Å². The van der Waals surface area contributed by atoms with Crippen molar-refractivity contribution in [3.8, 4) is 0 Å². The number of carbonyl (C=O) groups is 2. The van der Waals surface area contributed by atoms with Gasteiger partial charge in [-0.05, 0) is 12.1 Å². The molecule has 0 radical (unpaired) electrons. The molecule has 0 atom stereocenters. The lowest BCUT2D eigenvalue weighted by atomic mass is 10.0. The smallest absolute Gasteiger partial charge is 0.297 e. The fourth-order valence-electron chi connectivity index (χ4n) is 3.39. The molecule has 146 valence electrons. The number of hydrogen-bond acceptors (Lipinski definition) is 5. The molecule has 0 spiro atoms. The number of H-pyrrole nitrogens is 2. The maximum Gasteiger partial charge on any atom is 0.297 e. The van der Waals surface area contributed by atoms with Crippen LogP contribution in [0.1, 0.15) is 32.2 Å². The third kappa shape index (κ3) is 3.25. The van der Waals surface area contributed by atoms with Crippen molar-refractivity contribution in [2.24, 2.45) is 0 Å². The Morgan fingerprint density at radius 1 is 1.36 bits per heavy atom. The average molecular weight is 383 g/mol. The fourth-order valence-corrected chi connectivity index (χ4v) is 3.39. The number of hydroxylamine groups is 2. The Balaban J connectivity index is 1.55. The summed E-state index contributed by atoms with van der Waals surface area (Å²) >= 11 is 0. The number of aliphatic hydroxyl groups is 1. The predicted octanol–water partition coefficient (Wildman–Crippen LogP) is 1.09. The molecule has 9 heteroatoms. The van der Waals surface area contributed by atoms with Crippen LogP contribution in [0.2, 0.25) is 0 Å². The van der Waals surface area contributed by atoms with E-state index in [1.807, 2.05) is 30.3 Å². The van der Waals surface area contributed by atoms with Gasteiger partial charge in [0.05, 0.1) is 19.8 Å². The molecule has 0 bridgehead atoms. The number of aromatic nitrogens is 3. The maximum atomic E-state index is 13.0. The van der Waals surface area contributed by atoms with Gasteiger partial charge in [0, 0.05) is 42.2 Å². The molecule has 3 heterocycles. The Morgan fingerprint density at radius 3 is 2.96 bits per heavy atom. The van der Waals surface area contributed by atoms with Crippen LogP contribution in [0.3, 0.4) is 0 Å². The monoisotopic (exact) mass is 383 g/mol. The summed E-state index contributed by atoms with van der Waals surface area (Å²) in [5.41, 5.74) is 3.19. The maximum absolute atomic E-state index is 13.0. The standard InChI is InChI=1S/C19H21N5O4/c1-23(28-9-8-25)19(27)17-13-11-24(7-6-15(13)21-22-17)18(26)16-10-12-4-2-3-5-14(12)20-16/h2-5,10,20,25H,6-9,11H2,1H3,(H,21,22). The number of benzene rings is 1. The minimum atomic E-state index is -0.425. The SMILES string of the molecule is CN(OCCO)C(=O)c1n[nH]c2c1CN(C(=O)c1cc3ccccc3[nH]1)CC2. The van der Waals surface area contributed by atoms with Crippen LogP contribution in [0.4, 0.5) is 0 Å². The summed E-state index contributed by atoms with van der Waals surface area (Å²) in [6, 6.07) is 9.56. The Morgan fingerprint density at radius 2 is 2.18 bits per heavy atom. The Bertz CT molecular complexity index is 991. The van der Waals surface area contributed by atoms with Crippen molar-refractivity contribution in [2.45, 2.75) is 13.0 Å². The molecule has 3 aromatic rings. The molecular weight excluding hydrogens is 362 g/mol. The van der Waals surface area contributed by atoms with Crippen molar-refractivity contribution in [3.63, 3.8) is 0 Å². The molecule has 3 N–H and O–H groups in total. The van der Waals surface area contributed by atoms with Crippen LogP contribution in [0.25, 0.3) is 10.9 Å². The topological polar surface area (TPSA) is 115 Å². The van der Waals surface area contributed by atoms with E-state index in [0.717, 1.165) is 21.7 Å². The lowest BCUT2D eigenvalue weighted by Gasteiger charge is -2.27. The molecule has 1 aliphatic rings. The lowest BCUT2D eigenvalue weighted by Crippen LogP contribution is -2.37. The van der Waals surface area contributed by atoms with Crippen molar-refractivity contribution in [2.75, 3.05) is 26.8 Å². The van der Waals surface area contributed by atoms with Crippen molar-refractivity contribution in [1.29, 1.82) is 0 Å². The summed E-state index contributed by atoms with van der Waals surface area (Å²) < 4.78 is 0. The molecule has 0 aliphatic carbocycles. The first-order chi connectivity index (χ1) is 13.6. The molecule has 2 amide bonds. The van der Waals surface area contributed by atoms with Gasteiger partial charge in [-0.3, -0.25) is 19.5 Å². The van der Waals surface area contributed by atoms with E-state index in [1.165, 1.54) is 7.05 Å². The van der Waals surface area contributed by atoms with Gasteiger partial charge in [0.1, 0.15) is 5.69 Å². The number of hydrogen-bond donors (Lipinski definition) is 3. The average Bonchev–Trinajstić information content (AvgIpc) is 3.34. The van der Waals surface area contributed by atoms with E-state index in [0.29, 0.717) is 24.2 Å². The second-order valence-electron chi connectivity index (χ2n) is 6.64. The van der Waals surface area contributed by atoms with Crippen LogP contribution in [0.5, 0.6) is 0 Å². The van der Waals surface area contributed by atoms with Crippen LogP contribution in [0, 0.1) is 0 Å². The summed E-state index contributed by atoms with van der Waals surface area (Å²) in [5, 5.41) is 17.9. The van der Waals surface area contributed by atoms with Gasteiger partial charge in [-0.25, -0.2) is 5.06 Å². The quantitative estimate of drug-likeness (QED) is 0.571. The first kappa shape index (κ1) is 18.2. The van der Waals surface area contributed by atoms with E-state index in [2.05, 4.69) is 15.2 Å². The summed E-state index contributed by atoms with van der Waals surface area (Å²) in [6.45, 7) is 0.645. The van der Waals surface area contributed by atoms with Crippen molar-refractivity contribution >= 4 is 22.7 Å². The molecule has 9 nitrogen and oxygen atoms in total. The van der Waals surface area contributed by atoms with Crippen molar-refractivity contribution in [3.05, 3.63) is 53.0 Å². The van der Waals surface area contributed by atoms with Gasteiger partial charge in [-0.2, -0.15) is 5.10 Å². The van der Waals surface area contributed by atoms with E-state index >= 15 is 0 Å². The first-order valence-electron chi connectivity index (χ1n) is 9.03. The van der Waals surface area contributed by atoms with Gasteiger partial charge >= 0.3 is 0 Å². The van der Waals surface area contributed by atoms with Gasteiger partial charge in [-0.1, -0.05) is 18.2 Å². The number of para-hydroxylation sites is 1. The fraction of sp³-hybridized carbons (Fsp3) is 0.316. The number of aliphatic hydroxyl groups excluding tert-OH is 1. The number of nitrogens with one attached hydrogen (secondary N) is 2. The molecule has 0 saturated carbocycles. The van der Waals surface area contributed by atoms with Gasteiger partial charge in [0.15, 0.2) is 5.69 Å². The Labute approximate surface area is 160 Å². The van der Waals surface area contributed by atoms with E-state index in [4.69, 9.17) is 9.94 Å². The van der Waals surface area contributed by atoms with Gasteiger partial charge in [-0.15, -0.1) is 0 Å². The summed E-state index contributed by atoms with van der Waals surface area (Å²) in [5.74, 6) is -0.544. The second kappa shape index (κ2) is 7.45. The highest BCUT2D eigenvalue weighted by atomic mass is 16.7. The zero-order chi connectivity index (χ0) is 19.7. The highest BCUT2D eigenvalue weighted by molar-refractivity contribution is 5.98. The minimum absolute atomic E-state index is 0.0137. The molecule has 1 aliphatic heterocycles. The number of nitrogens with zero attached hydrogens (tertiary/aromatic N) is 3. The van der Waals surface area contributed by atoms with Gasteiger partial charge in [0.25, 0.3) is 11.8 Å². The molecule has 28 heavy (non-hydrogen) atoms. The van der Waals surface area contributed by atoms with Crippen molar-refractivity contribution in [1.82, 2.24) is 25.1 Å². The second-order valence-corrected chi connectivity index (χ2v) is 6.64. The van der Waals surface area contributed by atoms with Crippen LogP contribution < -0.4 is 0 Å². The zero-order valence-electron chi connectivity index (χ0n) is 15.4. The predicted molar refractivity (Wildman–Crippen MR) is 100 cm³/mol. The van der Waals surface area contributed by atoms with E-state index in [-0.39, 0.29) is 31.4 Å². The number of carbonyl (C=O) groups excluding carboxylic acids is 2. The highest BCUT2D eigenvalue weighted by Gasteiger charge is 2.30. The van der Waals surface area contributed by atoms with Crippen LogP contribution in [-0.2, 0) is 17.8 Å². The van der Waals surface area contributed by atoms with Gasteiger partial charge in [0.2, 0.25) is 0 Å². The number of fused-ring (bicyclic) bond motifs is 2. The van der Waals surface area contributed by atoms with Crippen LogP contribution in [-0.4, -0.2) is 68.9 Å². The highest BCUT2D eigenvalue weighted by Crippen LogP contribution is 2.24. The number of rotatable bonds is 5. The summed E-state index contributed by atoms with van der Waals surface area (Å²) in [7, 11) is 1.47. The largest absolute Gasteiger partial charge is 0.394 e. The molecule has 0 saturated heterocycles. The number of amides is 2. The zero-order valence-corrected chi connectivity index (χ0v) is 15.4. The molecule has 2 aromatic heterocycles. The van der Waals surface area contributed by atoms with E-state index in [1.54, 1.807) is 4.90 Å². The minimum Gasteiger partial charge on any atom is -0.394 e. The Kier molecular flexibility index (Phi) is 4.84. The van der Waals surface area contributed by atoms with E-state index < -0.39 is 5.91 Å². The number of aromatic amines is 2.